The van der Waals surface area contributed by atoms with E-state index >= 15 is 0 Å². The molecule has 0 spiro atoms. The van der Waals surface area contributed by atoms with Crippen molar-refractivity contribution in [2.75, 3.05) is 23.9 Å². The molecular formula is C10H15N7S. The second kappa shape index (κ2) is 5.67. The van der Waals surface area contributed by atoms with Crippen LogP contribution in [0.15, 0.2) is 17.6 Å². The summed E-state index contributed by atoms with van der Waals surface area (Å²) in [4.78, 5) is 12.8. The van der Waals surface area contributed by atoms with Crippen molar-refractivity contribution in [2.45, 2.75) is 11.7 Å². The maximum Gasteiger partial charge on any atom is 0.191 e. The Labute approximate surface area is 109 Å². The summed E-state index contributed by atoms with van der Waals surface area (Å²) in [6.45, 7) is 0.537. The van der Waals surface area contributed by atoms with E-state index in [0.717, 1.165) is 22.6 Å². The first kappa shape index (κ1) is 12.6. The van der Waals surface area contributed by atoms with Gasteiger partial charge in [-0.05, 0) is 6.26 Å². The number of aryl methyl sites for hydroxylation is 1. The maximum atomic E-state index is 4.36. The Hall–Kier alpha value is -1.83. The van der Waals surface area contributed by atoms with Crippen molar-refractivity contribution in [3.05, 3.63) is 18.2 Å². The fourth-order valence-corrected chi connectivity index (χ4v) is 1.75. The van der Waals surface area contributed by atoms with E-state index in [9.17, 15) is 0 Å². The van der Waals surface area contributed by atoms with Crippen LogP contribution in [0.3, 0.4) is 0 Å². The van der Waals surface area contributed by atoms with E-state index in [1.165, 1.54) is 11.8 Å². The lowest BCUT2D eigenvalue weighted by atomic mass is 10.5. The molecule has 0 saturated carbocycles. The number of nitrogens with zero attached hydrogens (tertiary/aromatic N) is 5. The summed E-state index contributed by atoms with van der Waals surface area (Å²) in [5.41, 5.74) is 0. The highest BCUT2D eigenvalue weighted by Crippen LogP contribution is 2.17. The predicted octanol–water partition coefficient (Wildman–Crippen LogP) is 0.981. The van der Waals surface area contributed by atoms with Crippen molar-refractivity contribution in [1.82, 2.24) is 24.7 Å². The molecule has 2 N–H and O–H groups in total. The maximum absolute atomic E-state index is 4.36. The molecule has 0 fully saturated rings. The van der Waals surface area contributed by atoms with Gasteiger partial charge in [0.1, 0.15) is 18.0 Å². The molecule has 0 aliphatic carbocycles. The lowest BCUT2D eigenvalue weighted by Crippen LogP contribution is -2.06. The van der Waals surface area contributed by atoms with Gasteiger partial charge in [0.05, 0.1) is 6.54 Å². The summed E-state index contributed by atoms with van der Waals surface area (Å²) < 4.78 is 1.67. The molecule has 7 nitrogen and oxygen atoms in total. The molecule has 0 atom stereocenters. The SMILES string of the molecule is CNc1cc(NCc2ncn(C)n2)nc(SC)n1. The Bertz CT molecular complexity index is 502. The molecule has 0 saturated heterocycles. The quantitative estimate of drug-likeness (QED) is 0.616. The first-order valence-electron chi connectivity index (χ1n) is 5.40. The third-order valence-electron chi connectivity index (χ3n) is 2.22. The molecule has 0 unspecified atom stereocenters. The number of hydrogen-bond donors (Lipinski definition) is 2. The zero-order valence-corrected chi connectivity index (χ0v) is 11.3. The topological polar surface area (TPSA) is 80.5 Å². The van der Waals surface area contributed by atoms with Gasteiger partial charge in [0.25, 0.3) is 0 Å². The molecule has 2 heterocycles. The average Bonchev–Trinajstić information content (AvgIpc) is 2.81. The van der Waals surface area contributed by atoms with Crippen LogP contribution in [0.1, 0.15) is 5.82 Å². The van der Waals surface area contributed by atoms with Crippen molar-refractivity contribution in [3.63, 3.8) is 0 Å². The highest BCUT2D eigenvalue weighted by atomic mass is 32.2. The standard InChI is InChI=1S/C10H15N7S/c1-11-7-4-8(15-10(14-7)18-3)12-5-9-13-6-17(2)16-9/h4,6H,5H2,1-3H3,(H2,11,12,14,15). The van der Waals surface area contributed by atoms with Crippen LogP contribution in [0.4, 0.5) is 11.6 Å². The van der Waals surface area contributed by atoms with Crippen LogP contribution in [-0.4, -0.2) is 38.0 Å². The second-order valence-electron chi connectivity index (χ2n) is 3.56. The van der Waals surface area contributed by atoms with E-state index in [4.69, 9.17) is 0 Å². The zero-order chi connectivity index (χ0) is 13.0. The number of rotatable bonds is 5. The van der Waals surface area contributed by atoms with Crippen molar-refractivity contribution >= 4 is 23.4 Å². The van der Waals surface area contributed by atoms with Gasteiger partial charge in [0.15, 0.2) is 11.0 Å². The Balaban J connectivity index is 2.08. The van der Waals surface area contributed by atoms with Gasteiger partial charge < -0.3 is 10.6 Å². The smallest absolute Gasteiger partial charge is 0.191 e. The predicted molar refractivity (Wildman–Crippen MR) is 71.7 cm³/mol. The van der Waals surface area contributed by atoms with Crippen LogP contribution in [-0.2, 0) is 13.6 Å². The van der Waals surface area contributed by atoms with Crippen LogP contribution in [0, 0.1) is 0 Å². The van der Waals surface area contributed by atoms with E-state index in [2.05, 4.69) is 30.7 Å². The lowest BCUT2D eigenvalue weighted by molar-refractivity contribution is 0.746. The third kappa shape index (κ3) is 3.10. The summed E-state index contributed by atoms with van der Waals surface area (Å²) in [6.07, 6.45) is 3.61. The van der Waals surface area contributed by atoms with Gasteiger partial charge in [-0.3, -0.25) is 4.68 Å². The molecule has 0 radical (unpaired) electrons. The Kier molecular flexibility index (Phi) is 3.98. The average molecular weight is 265 g/mol. The molecule has 2 rings (SSSR count). The van der Waals surface area contributed by atoms with Crippen molar-refractivity contribution in [2.24, 2.45) is 7.05 Å². The molecule has 0 aromatic carbocycles. The number of anilines is 2. The first-order chi connectivity index (χ1) is 8.71. The number of aromatic nitrogens is 5. The molecule has 2 aromatic heterocycles. The number of thioether (sulfide) groups is 1. The summed E-state index contributed by atoms with van der Waals surface area (Å²) in [6, 6.07) is 1.85. The highest BCUT2D eigenvalue weighted by Gasteiger charge is 2.04. The summed E-state index contributed by atoms with van der Waals surface area (Å²) >= 11 is 1.50. The molecular weight excluding hydrogens is 250 g/mol. The molecule has 0 aliphatic heterocycles. The third-order valence-corrected chi connectivity index (χ3v) is 2.77. The first-order valence-corrected chi connectivity index (χ1v) is 6.63. The molecule has 18 heavy (non-hydrogen) atoms. The van der Waals surface area contributed by atoms with Crippen molar-refractivity contribution < 1.29 is 0 Å². The fraction of sp³-hybridized carbons (Fsp3) is 0.400. The van der Waals surface area contributed by atoms with Gasteiger partial charge in [-0.2, -0.15) is 5.10 Å². The Morgan fingerprint density at radius 1 is 1.33 bits per heavy atom. The number of nitrogens with one attached hydrogen (secondary N) is 2. The molecule has 0 aliphatic rings. The largest absolute Gasteiger partial charge is 0.373 e. The van der Waals surface area contributed by atoms with Gasteiger partial charge in [0, 0.05) is 20.2 Å². The minimum absolute atomic E-state index is 0.537. The van der Waals surface area contributed by atoms with Crippen LogP contribution < -0.4 is 10.6 Å². The minimum atomic E-state index is 0.537. The molecule has 96 valence electrons. The van der Waals surface area contributed by atoms with E-state index in [1.807, 2.05) is 26.4 Å². The molecule has 2 aromatic rings. The normalized spacial score (nSPS) is 10.4. The summed E-state index contributed by atoms with van der Waals surface area (Å²) in [7, 11) is 3.67. The van der Waals surface area contributed by atoms with Crippen molar-refractivity contribution in [3.8, 4) is 0 Å². The van der Waals surface area contributed by atoms with E-state index in [1.54, 1.807) is 11.0 Å². The van der Waals surface area contributed by atoms with Crippen LogP contribution in [0.2, 0.25) is 0 Å². The lowest BCUT2D eigenvalue weighted by Gasteiger charge is -2.07. The van der Waals surface area contributed by atoms with E-state index < -0.39 is 0 Å². The highest BCUT2D eigenvalue weighted by molar-refractivity contribution is 7.98. The molecule has 0 bridgehead atoms. The van der Waals surface area contributed by atoms with Crippen LogP contribution in [0.25, 0.3) is 0 Å². The minimum Gasteiger partial charge on any atom is -0.373 e. The van der Waals surface area contributed by atoms with Crippen molar-refractivity contribution in [1.29, 1.82) is 0 Å². The van der Waals surface area contributed by atoms with E-state index in [-0.39, 0.29) is 0 Å². The Morgan fingerprint density at radius 3 is 2.72 bits per heavy atom. The van der Waals surface area contributed by atoms with Gasteiger partial charge in [-0.1, -0.05) is 11.8 Å². The second-order valence-corrected chi connectivity index (χ2v) is 4.34. The summed E-state index contributed by atoms with van der Waals surface area (Å²) in [5, 5.41) is 11.1. The van der Waals surface area contributed by atoms with Gasteiger partial charge in [0.2, 0.25) is 0 Å². The fourth-order valence-electron chi connectivity index (χ4n) is 1.37. The van der Waals surface area contributed by atoms with E-state index in [0.29, 0.717) is 6.54 Å². The van der Waals surface area contributed by atoms with Gasteiger partial charge >= 0.3 is 0 Å². The van der Waals surface area contributed by atoms with Gasteiger partial charge in [-0.25, -0.2) is 15.0 Å². The van der Waals surface area contributed by atoms with Crippen LogP contribution in [0.5, 0.6) is 0 Å². The summed E-state index contributed by atoms with van der Waals surface area (Å²) in [5.74, 6) is 2.27. The zero-order valence-electron chi connectivity index (χ0n) is 10.5. The van der Waals surface area contributed by atoms with Crippen LogP contribution >= 0.6 is 11.8 Å². The number of hydrogen-bond acceptors (Lipinski definition) is 7. The van der Waals surface area contributed by atoms with Gasteiger partial charge in [-0.15, -0.1) is 0 Å². The monoisotopic (exact) mass is 265 g/mol. The molecule has 8 heteroatoms. The molecule has 0 amide bonds. The Morgan fingerprint density at radius 2 is 2.11 bits per heavy atom.